The van der Waals surface area contributed by atoms with Gasteiger partial charge in [-0.05, 0) is 57.8 Å². The number of benzene rings is 1. The maximum Gasteiger partial charge on any atom is 0.243 e. The fourth-order valence-electron chi connectivity index (χ4n) is 2.22. The van der Waals surface area contributed by atoms with Crippen molar-refractivity contribution in [1.29, 1.82) is 0 Å². The molecule has 1 aromatic carbocycles. The van der Waals surface area contributed by atoms with Gasteiger partial charge in [0, 0.05) is 13.1 Å². The molecule has 0 N–H and O–H groups in total. The third-order valence-corrected chi connectivity index (χ3v) is 5.55. The van der Waals surface area contributed by atoms with Crippen LogP contribution in [0.4, 0.5) is 4.39 Å². The molecule has 0 unspecified atom stereocenters. The van der Waals surface area contributed by atoms with Crippen LogP contribution in [0.1, 0.15) is 17.1 Å². The molecule has 2 aromatic rings. The van der Waals surface area contributed by atoms with E-state index in [9.17, 15) is 12.8 Å². The number of hydrogen-bond donors (Lipinski definition) is 0. The third kappa shape index (κ3) is 4.43. The van der Waals surface area contributed by atoms with Gasteiger partial charge in [0.1, 0.15) is 17.3 Å². The highest BCUT2D eigenvalue weighted by Gasteiger charge is 2.26. The van der Waals surface area contributed by atoms with Crippen molar-refractivity contribution in [3.05, 3.63) is 53.2 Å². The van der Waals surface area contributed by atoms with Crippen LogP contribution in [0.3, 0.4) is 0 Å². The average Bonchev–Trinajstić information content (AvgIpc) is 2.91. The maximum atomic E-state index is 13.8. The van der Waals surface area contributed by atoms with Gasteiger partial charge in [0.25, 0.3) is 0 Å². The van der Waals surface area contributed by atoms with Gasteiger partial charge >= 0.3 is 0 Å². The van der Waals surface area contributed by atoms with Gasteiger partial charge in [0.2, 0.25) is 10.0 Å². The lowest BCUT2D eigenvalue weighted by Crippen LogP contribution is -2.36. The van der Waals surface area contributed by atoms with Crippen LogP contribution >= 0.6 is 0 Å². The normalized spacial score (nSPS) is 12.3. The van der Waals surface area contributed by atoms with Gasteiger partial charge in [-0.25, -0.2) is 12.8 Å². The summed E-state index contributed by atoms with van der Waals surface area (Å²) in [5.74, 6) is 0.747. The van der Waals surface area contributed by atoms with Crippen LogP contribution in [0.25, 0.3) is 0 Å². The molecule has 0 fully saturated rings. The monoisotopic (exact) mass is 354 g/mol. The van der Waals surface area contributed by atoms with E-state index in [0.717, 1.165) is 11.8 Å². The molecule has 24 heavy (non-hydrogen) atoms. The highest BCUT2D eigenvalue weighted by atomic mass is 32.2. The van der Waals surface area contributed by atoms with E-state index in [1.807, 2.05) is 19.0 Å². The summed E-state index contributed by atoms with van der Waals surface area (Å²) < 4.78 is 46.5. The van der Waals surface area contributed by atoms with E-state index in [1.54, 1.807) is 26.0 Å². The molecular weight excluding hydrogens is 331 g/mol. The summed E-state index contributed by atoms with van der Waals surface area (Å²) in [5.41, 5.74) is 0.412. The number of rotatable bonds is 7. The summed E-state index contributed by atoms with van der Waals surface area (Å²) in [5, 5.41) is 0. The van der Waals surface area contributed by atoms with Crippen molar-refractivity contribution in [2.75, 3.05) is 27.2 Å². The van der Waals surface area contributed by atoms with Crippen molar-refractivity contribution in [3.8, 4) is 0 Å². The molecule has 0 saturated carbocycles. The fraction of sp³-hybridized carbons (Fsp3) is 0.412. The van der Waals surface area contributed by atoms with E-state index in [2.05, 4.69) is 0 Å². The maximum absolute atomic E-state index is 13.8. The van der Waals surface area contributed by atoms with Crippen molar-refractivity contribution < 1.29 is 17.2 Å². The number of hydrogen-bond acceptors (Lipinski definition) is 4. The predicted octanol–water partition coefficient (Wildman–Crippen LogP) is 2.79. The summed E-state index contributed by atoms with van der Waals surface area (Å²) in [4.78, 5) is 1.85. The van der Waals surface area contributed by atoms with E-state index in [0.29, 0.717) is 17.9 Å². The lowest BCUT2D eigenvalue weighted by Gasteiger charge is -2.23. The second-order valence-electron chi connectivity index (χ2n) is 6.07. The molecular formula is C17H23FN2O3S. The fourth-order valence-corrected chi connectivity index (χ4v) is 3.63. The Balaban J connectivity index is 2.33. The van der Waals surface area contributed by atoms with Crippen LogP contribution in [0.2, 0.25) is 0 Å². The largest absolute Gasteiger partial charge is 0.465 e. The Bertz CT molecular complexity index is 800. The Labute approximate surface area is 142 Å². The van der Waals surface area contributed by atoms with Crippen LogP contribution < -0.4 is 0 Å². The number of aryl methyl sites for hydroxylation is 2. The average molecular weight is 354 g/mol. The molecule has 0 radical (unpaired) electrons. The van der Waals surface area contributed by atoms with Crippen LogP contribution in [0, 0.1) is 19.7 Å². The summed E-state index contributed by atoms with van der Waals surface area (Å²) in [6.07, 6.45) is 0. The second kappa shape index (κ2) is 7.46. The molecule has 132 valence electrons. The van der Waals surface area contributed by atoms with Gasteiger partial charge in [-0.15, -0.1) is 0 Å². The minimum absolute atomic E-state index is 0.0485. The van der Waals surface area contributed by atoms with Crippen LogP contribution in [0.5, 0.6) is 0 Å². The summed E-state index contributed by atoms with van der Waals surface area (Å²) in [7, 11) is -0.0814. The first kappa shape index (κ1) is 18.6. The number of halogens is 1. The number of sulfonamides is 1. The quantitative estimate of drug-likeness (QED) is 0.767. The van der Waals surface area contributed by atoms with E-state index >= 15 is 0 Å². The molecule has 5 nitrogen and oxygen atoms in total. The summed E-state index contributed by atoms with van der Waals surface area (Å²) in [6, 6.07) is 7.52. The van der Waals surface area contributed by atoms with E-state index in [1.165, 1.54) is 16.4 Å². The first-order valence-electron chi connectivity index (χ1n) is 7.66. The topological polar surface area (TPSA) is 53.8 Å². The predicted molar refractivity (Wildman–Crippen MR) is 90.7 cm³/mol. The van der Waals surface area contributed by atoms with Gasteiger partial charge in [-0.2, -0.15) is 4.31 Å². The Morgan fingerprint density at radius 2 is 1.79 bits per heavy atom. The van der Waals surface area contributed by atoms with Crippen molar-refractivity contribution in [2.45, 2.75) is 25.3 Å². The van der Waals surface area contributed by atoms with E-state index in [-0.39, 0.29) is 18.0 Å². The zero-order valence-corrected chi connectivity index (χ0v) is 15.2. The Kier molecular flexibility index (Phi) is 5.79. The molecule has 0 spiro atoms. The lowest BCUT2D eigenvalue weighted by atomic mass is 10.2. The van der Waals surface area contributed by atoms with Crippen molar-refractivity contribution in [2.24, 2.45) is 0 Å². The number of furan rings is 1. The first-order chi connectivity index (χ1) is 11.2. The molecule has 0 bridgehead atoms. The highest BCUT2D eigenvalue weighted by Crippen LogP contribution is 2.21. The van der Waals surface area contributed by atoms with Gasteiger partial charge < -0.3 is 9.32 Å². The molecule has 1 heterocycles. The highest BCUT2D eigenvalue weighted by molar-refractivity contribution is 7.89. The zero-order chi connectivity index (χ0) is 17.9. The van der Waals surface area contributed by atoms with E-state index < -0.39 is 15.8 Å². The van der Waals surface area contributed by atoms with Crippen LogP contribution in [0.15, 0.2) is 39.6 Å². The number of likely N-dealkylation sites (N-methyl/N-ethyl adjacent to an activating group) is 1. The molecule has 0 atom stereocenters. The minimum Gasteiger partial charge on any atom is -0.465 e. The third-order valence-electron chi connectivity index (χ3n) is 3.71. The Morgan fingerprint density at radius 1 is 1.08 bits per heavy atom. The van der Waals surface area contributed by atoms with E-state index in [4.69, 9.17) is 4.42 Å². The molecule has 2 rings (SSSR count). The van der Waals surface area contributed by atoms with Crippen LogP contribution in [-0.2, 0) is 16.6 Å². The standard InChI is InChI=1S/C17H23FN2O3S/c1-13-5-8-16(11-17(13)18)24(21,22)20(10-9-19(3)4)12-15-7-6-14(2)23-15/h5-8,11H,9-10,12H2,1-4H3. The van der Waals surface area contributed by atoms with Crippen LogP contribution in [-0.4, -0.2) is 44.8 Å². The molecule has 0 amide bonds. The van der Waals surface area contributed by atoms with Gasteiger partial charge in [-0.3, -0.25) is 0 Å². The summed E-state index contributed by atoms with van der Waals surface area (Å²) in [6.45, 7) is 4.34. The molecule has 7 heteroatoms. The van der Waals surface area contributed by atoms with Crippen molar-refractivity contribution in [3.63, 3.8) is 0 Å². The molecule has 0 saturated heterocycles. The van der Waals surface area contributed by atoms with Gasteiger partial charge in [0.05, 0.1) is 11.4 Å². The minimum atomic E-state index is -3.82. The Hall–Kier alpha value is -1.70. The summed E-state index contributed by atoms with van der Waals surface area (Å²) >= 11 is 0. The van der Waals surface area contributed by atoms with Gasteiger partial charge in [-0.1, -0.05) is 6.07 Å². The second-order valence-corrected chi connectivity index (χ2v) is 8.00. The SMILES string of the molecule is Cc1ccc(CN(CCN(C)C)S(=O)(=O)c2ccc(C)c(F)c2)o1. The molecule has 1 aromatic heterocycles. The van der Waals surface area contributed by atoms with Crippen molar-refractivity contribution in [1.82, 2.24) is 9.21 Å². The lowest BCUT2D eigenvalue weighted by molar-refractivity contribution is 0.310. The smallest absolute Gasteiger partial charge is 0.243 e. The Morgan fingerprint density at radius 3 is 2.33 bits per heavy atom. The van der Waals surface area contributed by atoms with Crippen molar-refractivity contribution >= 4 is 10.0 Å². The molecule has 0 aliphatic rings. The zero-order valence-electron chi connectivity index (χ0n) is 14.4. The number of nitrogens with zero attached hydrogens (tertiary/aromatic N) is 2. The molecule has 0 aliphatic heterocycles. The molecule has 0 aliphatic carbocycles. The first-order valence-corrected chi connectivity index (χ1v) is 9.10. The van der Waals surface area contributed by atoms with Gasteiger partial charge in [0.15, 0.2) is 0 Å².